The fraction of sp³-hybridized carbons (Fsp3) is 0.267. The number of hydrogen-bond donors (Lipinski definition) is 1. The van der Waals surface area contributed by atoms with Crippen LogP contribution in [-0.2, 0) is 12.7 Å². The summed E-state index contributed by atoms with van der Waals surface area (Å²) >= 11 is 0. The van der Waals surface area contributed by atoms with E-state index < -0.39 is 23.6 Å². The second-order valence-corrected chi connectivity index (χ2v) is 10.1. The Kier molecular flexibility index (Phi) is 10.4. The predicted molar refractivity (Wildman–Crippen MR) is 147 cm³/mol. The average molecular weight is 615 g/mol. The van der Waals surface area contributed by atoms with Crippen molar-refractivity contribution < 1.29 is 79.3 Å². The number of halogens is 3. The largest absolute Gasteiger partial charge is 1.00 e. The second kappa shape index (κ2) is 13.7. The summed E-state index contributed by atoms with van der Waals surface area (Å²) in [5, 5.41) is 21.6. The van der Waals surface area contributed by atoms with Gasteiger partial charge in [-0.25, -0.2) is 0 Å². The van der Waals surface area contributed by atoms with E-state index in [1.165, 1.54) is 34.9 Å². The number of nitrogens with zero attached hydrogens (tertiary/aromatic N) is 5. The number of carboxylic acid groups (broad SMARTS) is 1. The summed E-state index contributed by atoms with van der Waals surface area (Å²) < 4.78 is 43.4. The van der Waals surface area contributed by atoms with Crippen LogP contribution in [-0.4, -0.2) is 69.5 Å². The van der Waals surface area contributed by atoms with Crippen LogP contribution in [0, 0.1) is 18.8 Å². The summed E-state index contributed by atoms with van der Waals surface area (Å²) in [4.78, 5) is 28.2. The van der Waals surface area contributed by atoms with Gasteiger partial charge in [0.15, 0.2) is 5.65 Å². The van der Waals surface area contributed by atoms with Gasteiger partial charge in [0.2, 0.25) is 5.82 Å². The number of carbonyl (C=O) groups excluding carboxylic acids is 2. The molecular formula is C30H26F3KN6O3. The van der Waals surface area contributed by atoms with E-state index in [4.69, 9.17) is 0 Å². The summed E-state index contributed by atoms with van der Waals surface area (Å²) in [6.07, 6.45) is -3.11. The molecule has 13 heteroatoms. The second-order valence-electron chi connectivity index (χ2n) is 10.1. The molecule has 0 unspecified atom stereocenters. The zero-order valence-electron chi connectivity index (χ0n) is 23.8. The van der Waals surface area contributed by atoms with Gasteiger partial charge in [-0.05, 0) is 67.4 Å². The van der Waals surface area contributed by atoms with Gasteiger partial charge < -0.3 is 20.1 Å². The van der Waals surface area contributed by atoms with Gasteiger partial charge in [0.1, 0.15) is 0 Å². The number of pyridine rings is 1. The third-order valence-corrected chi connectivity index (χ3v) is 7.12. The van der Waals surface area contributed by atoms with Crippen molar-refractivity contribution in [1.82, 2.24) is 24.4 Å². The van der Waals surface area contributed by atoms with Gasteiger partial charge in [0.25, 0.3) is 5.91 Å². The molecule has 0 spiro atoms. The molecule has 1 fully saturated rings. The maximum Gasteiger partial charge on any atom is 1.00 e. The fourth-order valence-electron chi connectivity index (χ4n) is 4.63. The molecule has 1 N–H and O–H groups in total. The van der Waals surface area contributed by atoms with Crippen molar-refractivity contribution in [1.29, 1.82) is 0 Å². The van der Waals surface area contributed by atoms with Crippen molar-refractivity contribution in [2.45, 2.75) is 19.6 Å². The molecule has 1 amide bonds. The molecule has 0 aliphatic carbocycles. The normalized spacial score (nSPS) is 14.1. The molecule has 216 valence electrons. The van der Waals surface area contributed by atoms with Crippen molar-refractivity contribution in [2.24, 2.45) is 0 Å². The Hall–Kier alpha value is -3.09. The van der Waals surface area contributed by atoms with Crippen LogP contribution in [0.1, 0.15) is 48.8 Å². The van der Waals surface area contributed by atoms with E-state index in [1.54, 1.807) is 25.1 Å². The Bertz CT molecular complexity index is 1740. The number of amides is 1. The zero-order valence-corrected chi connectivity index (χ0v) is 26.9. The number of aromatic nitrogens is 3. The van der Waals surface area contributed by atoms with Gasteiger partial charge in [0, 0.05) is 61.3 Å². The number of aromatic carboxylic acids is 1. The first-order chi connectivity index (χ1) is 20.0. The Labute approximate surface area is 288 Å². The molecule has 5 rings (SSSR count). The summed E-state index contributed by atoms with van der Waals surface area (Å²) in [5.41, 5.74) is 1.13. The number of alkyl halides is 3. The molecule has 2 aromatic heterocycles. The summed E-state index contributed by atoms with van der Waals surface area (Å²) in [6, 6.07) is 11.3. The number of aryl methyl sites for hydroxylation is 1. The Morgan fingerprint density at radius 2 is 1.72 bits per heavy atom. The Balaban J connectivity index is 0.00000423. The van der Waals surface area contributed by atoms with Gasteiger partial charge >= 0.3 is 57.6 Å². The molecule has 1 aliphatic rings. The smallest absolute Gasteiger partial charge is 0.545 e. The van der Waals surface area contributed by atoms with Gasteiger partial charge in [-0.2, -0.15) is 13.2 Å². The number of benzene rings is 2. The van der Waals surface area contributed by atoms with Gasteiger partial charge in [0.05, 0.1) is 11.5 Å². The topological polar surface area (TPSA) is 106 Å². The molecule has 0 saturated carbocycles. The molecular weight excluding hydrogens is 588 g/mol. The first kappa shape index (κ1) is 32.8. The number of carboxylic acids is 1. The minimum atomic E-state index is -4.58. The van der Waals surface area contributed by atoms with Crippen LogP contribution in [0.15, 0.2) is 54.7 Å². The quantitative estimate of drug-likeness (QED) is 0.246. The summed E-state index contributed by atoms with van der Waals surface area (Å²) in [5.74, 6) is 4.14. The standard InChI is InChI=1S/C30H27F3N6O3.K/c1-19-3-4-21(15-20(19)6-8-26-35-36-27-16-22(29(41)42)9-10-39(26)27)28(40)34-24-7-5-23(25(17-24)30(31,32)33)18-38-13-11-37(2)12-14-38;/h3-5,7,9-10,15-17H,11-14,18H2,1-2H3,(H,34,40)(H,41,42);/q;+1/p-1. The van der Waals surface area contributed by atoms with E-state index in [2.05, 4.69) is 32.3 Å². The van der Waals surface area contributed by atoms with Crippen LogP contribution < -0.4 is 61.8 Å². The number of piperazine rings is 1. The van der Waals surface area contributed by atoms with Crippen LogP contribution in [0.4, 0.5) is 18.9 Å². The maximum atomic E-state index is 14.0. The Morgan fingerprint density at radius 3 is 2.42 bits per heavy atom. The van der Waals surface area contributed by atoms with E-state index in [-0.39, 0.29) is 91.8 Å². The molecule has 43 heavy (non-hydrogen) atoms. The van der Waals surface area contributed by atoms with Gasteiger partial charge in [-0.15, -0.1) is 10.2 Å². The van der Waals surface area contributed by atoms with Crippen molar-refractivity contribution in [3.05, 3.63) is 93.9 Å². The number of likely N-dealkylation sites (N-methyl/N-ethyl adjacent to an activating group) is 1. The molecule has 4 aromatic rings. The molecule has 1 aliphatic heterocycles. The molecule has 3 heterocycles. The molecule has 0 atom stereocenters. The van der Waals surface area contributed by atoms with E-state index in [0.717, 1.165) is 24.7 Å². The minimum Gasteiger partial charge on any atom is -0.545 e. The minimum absolute atomic E-state index is 0. The predicted octanol–water partition coefficient (Wildman–Crippen LogP) is -0.176. The summed E-state index contributed by atoms with van der Waals surface area (Å²) in [6.45, 7) is 4.92. The number of rotatable bonds is 5. The van der Waals surface area contributed by atoms with E-state index in [0.29, 0.717) is 18.7 Å². The van der Waals surface area contributed by atoms with Crippen LogP contribution in [0.2, 0.25) is 0 Å². The number of fused-ring (bicyclic) bond motifs is 1. The molecule has 9 nitrogen and oxygen atoms in total. The Morgan fingerprint density at radius 1 is 0.977 bits per heavy atom. The number of carbonyl (C=O) groups is 2. The van der Waals surface area contributed by atoms with Crippen LogP contribution in [0.25, 0.3) is 5.65 Å². The fourth-order valence-corrected chi connectivity index (χ4v) is 4.63. The van der Waals surface area contributed by atoms with Crippen LogP contribution in [0.5, 0.6) is 0 Å². The van der Waals surface area contributed by atoms with Crippen molar-refractivity contribution in [3.8, 4) is 11.8 Å². The van der Waals surface area contributed by atoms with Gasteiger partial charge in [-0.3, -0.25) is 14.1 Å². The maximum absolute atomic E-state index is 14.0. The van der Waals surface area contributed by atoms with Crippen LogP contribution >= 0.6 is 0 Å². The van der Waals surface area contributed by atoms with E-state index in [9.17, 15) is 27.9 Å². The molecule has 2 aromatic carbocycles. The monoisotopic (exact) mass is 614 g/mol. The first-order valence-electron chi connectivity index (χ1n) is 13.1. The number of hydrogen-bond acceptors (Lipinski definition) is 7. The van der Waals surface area contributed by atoms with Crippen molar-refractivity contribution in [2.75, 3.05) is 38.5 Å². The third-order valence-electron chi connectivity index (χ3n) is 7.12. The average Bonchev–Trinajstić information content (AvgIpc) is 3.36. The third kappa shape index (κ3) is 7.90. The van der Waals surface area contributed by atoms with E-state index >= 15 is 0 Å². The van der Waals surface area contributed by atoms with Gasteiger partial charge in [-0.1, -0.05) is 18.1 Å². The van der Waals surface area contributed by atoms with Crippen molar-refractivity contribution >= 4 is 23.2 Å². The number of anilines is 1. The zero-order chi connectivity index (χ0) is 30.0. The molecule has 0 radical (unpaired) electrons. The first-order valence-corrected chi connectivity index (χ1v) is 13.1. The van der Waals surface area contributed by atoms with E-state index in [1.807, 2.05) is 11.9 Å². The molecule has 0 bridgehead atoms. The van der Waals surface area contributed by atoms with Crippen LogP contribution in [0.3, 0.4) is 0 Å². The summed E-state index contributed by atoms with van der Waals surface area (Å²) in [7, 11) is 1.98. The van der Waals surface area contributed by atoms with Crippen molar-refractivity contribution in [3.63, 3.8) is 0 Å². The number of nitrogens with one attached hydrogen (secondary N) is 1. The molecule has 1 saturated heterocycles. The SMILES string of the molecule is Cc1ccc(C(=O)Nc2ccc(CN3CCN(C)CC3)c(C(F)(F)F)c2)cc1C#Cc1nnc2cc(C(=O)[O-])ccn12.[K+].